The maximum absolute atomic E-state index is 2.58. The van der Waals surface area contributed by atoms with Gasteiger partial charge in [-0.3, -0.25) is 0 Å². The summed E-state index contributed by atoms with van der Waals surface area (Å²) in [6.07, 6.45) is 10.6. The summed E-state index contributed by atoms with van der Waals surface area (Å²) in [5.41, 5.74) is 8.35. The molecule has 0 unspecified atom stereocenters. The number of benzene rings is 3. The lowest BCUT2D eigenvalue weighted by Crippen LogP contribution is -3.00. The van der Waals surface area contributed by atoms with E-state index < -0.39 is 0 Å². The number of fused-ring (bicyclic) bond motifs is 4. The van der Waals surface area contributed by atoms with Gasteiger partial charge in [-0.15, -0.1) is 0 Å². The Kier molecular flexibility index (Phi) is 8.04. The fourth-order valence-electron chi connectivity index (χ4n) is 6.43. The van der Waals surface area contributed by atoms with Crippen molar-refractivity contribution in [1.29, 1.82) is 0 Å². The number of hydrogen-bond donors (Lipinski definition) is 0. The highest BCUT2D eigenvalue weighted by atomic mass is 127. The molecule has 0 saturated carbocycles. The van der Waals surface area contributed by atoms with E-state index in [-0.39, 0.29) is 34.8 Å². The van der Waals surface area contributed by atoms with Gasteiger partial charge in [0.05, 0.1) is 5.41 Å². The van der Waals surface area contributed by atoms with E-state index in [0.717, 1.165) is 19.5 Å². The largest absolute Gasteiger partial charge is 1.00 e. The second kappa shape index (κ2) is 10.8. The van der Waals surface area contributed by atoms with E-state index >= 15 is 0 Å². The molecule has 0 fully saturated rings. The summed E-state index contributed by atoms with van der Waals surface area (Å²) < 4.78 is 2.58. The number of rotatable bonds is 7. The number of allylic oxidation sites excluding steroid dienone is 4. The van der Waals surface area contributed by atoms with Crippen LogP contribution in [0.4, 0.5) is 11.4 Å². The van der Waals surface area contributed by atoms with Crippen molar-refractivity contribution in [2.45, 2.75) is 71.6 Å². The molecular weight excluding hydrogens is 563 g/mol. The molecule has 3 aromatic carbocycles. The van der Waals surface area contributed by atoms with Crippen LogP contribution in [0.5, 0.6) is 0 Å². The van der Waals surface area contributed by atoms with Gasteiger partial charge in [-0.2, -0.15) is 4.58 Å². The molecule has 0 amide bonds. The number of nitrogens with zero attached hydrogens (tertiary/aromatic N) is 2. The van der Waals surface area contributed by atoms with Gasteiger partial charge in [0.1, 0.15) is 6.54 Å². The minimum atomic E-state index is -0.0593. The second-order valence-electron chi connectivity index (χ2n) is 11.4. The van der Waals surface area contributed by atoms with Gasteiger partial charge >= 0.3 is 0 Å². The van der Waals surface area contributed by atoms with E-state index in [4.69, 9.17) is 0 Å². The Hall–Kier alpha value is -2.40. The smallest absolute Gasteiger partial charge is 0.210 e. The number of para-hydroxylation sites is 1. The second-order valence-corrected chi connectivity index (χ2v) is 11.4. The molecule has 2 aliphatic rings. The first-order valence-corrected chi connectivity index (χ1v) is 13.8. The monoisotopic (exact) mass is 604 g/mol. The van der Waals surface area contributed by atoms with Gasteiger partial charge in [-0.1, -0.05) is 82.7 Å². The number of unbranched alkanes of at least 4 members (excludes halogenated alkanes) is 1. The molecule has 2 heterocycles. The first-order valence-electron chi connectivity index (χ1n) is 13.8. The number of hydrogen-bond acceptors (Lipinski definition) is 1. The van der Waals surface area contributed by atoms with Crippen molar-refractivity contribution in [3.63, 3.8) is 0 Å². The number of anilines is 1. The van der Waals surface area contributed by atoms with Gasteiger partial charge < -0.3 is 28.9 Å². The summed E-state index contributed by atoms with van der Waals surface area (Å²) in [7, 11) is 0. The lowest BCUT2D eigenvalue weighted by molar-refractivity contribution is -0.438. The number of halogens is 1. The quantitative estimate of drug-likeness (QED) is 0.249. The molecule has 0 bridgehead atoms. The van der Waals surface area contributed by atoms with E-state index in [0.29, 0.717) is 0 Å². The van der Waals surface area contributed by atoms with Crippen LogP contribution in [0.1, 0.15) is 71.9 Å². The third-order valence-corrected chi connectivity index (χ3v) is 8.24. The Balaban J connectivity index is 0.00000320. The summed E-state index contributed by atoms with van der Waals surface area (Å²) in [5, 5.41) is 2.71. The van der Waals surface area contributed by atoms with Crippen LogP contribution in [0.3, 0.4) is 0 Å². The van der Waals surface area contributed by atoms with Crippen molar-refractivity contribution in [2.24, 2.45) is 0 Å². The molecule has 3 aromatic rings. The molecular formula is C34H41IN2. The van der Waals surface area contributed by atoms with Crippen LogP contribution in [0.2, 0.25) is 0 Å². The van der Waals surface area contributed by atoms with Crippen molar-refractivity contribution in [3.05, 3.63) is 95.7 Å². The molecule has 0 N–H and O–H groups in total. The highest BCUT2D eigenvalue weighted by Crippen LogP contribution is 2.48. The lowest BCUT2D eigenvalue weighted by Gasteiger charge is -2.26. The predicted molar refractivity (Wildman–Crippen MR) is 156 cm³/mol. The highest BCUT2D eigenvalue weighted by molar-refractivity contribution is 6.07. The molecule has 2 nitrogen and oxygen atoms in total. The van der Waals surface area contributed by atoms with E-state index in [2.05, 4.69) is 130 Å². The fraction of sp³-hybridized carbons (Fsp3) is 0.382. The van der Waals surface area contributed by atoms with Crippen molar-refractivity contribution >= 4 is 27.9 Å². The van der Waals surface area contributed by atoms with Gasteiger partial charge in [0.15, 0.2) is 5.71 Å². The third-order valence-electron chi connectivity index (χ3n) is 8.24. The zero-order chi connectivity index (χ0) is 25.5. The Morgan fingerprint density at radius 2 is 1.57 bits per heavy atom. The van der Waals surface area contributed by atoms with Gasteiger partial charge in [0, 0.05) is 47.5 Å². The van der Waals surface area contributed by atoms with Crippen LogP contribution in [0.25, 0.3) is 10.8 Å². The fourth-order valence-corrected chi connectivity index (χ4v) is 6.43. The molecule has 0 atom stereocenters. The Labute approximate surface area is 240 Å². The maximum Gasteiger partial charge on any atom is 0.210 e. The van der Waals surface area contributed by atoms with E-state index in [9.17, 15) is 0 Å². The van der Waals surface area contributed by atoms with Gasteiger partial charge in [0.25, 0.3) is 0 Å². The average molecular weight is 605 g/mol. The Morgan fingerprint density at radius 1 is 0.838 bits per heavy atom. The topological polar surface area (TPSA) is 6.25 Å². The van der Waals surface area contributed by atoms with Crippen molar-refractivity contribution in [1.82, 2.24) is 0 Å². The zero-order valence-corrected chi connectivity index (χ0v) is 25.5. The standard InChI is InChI=1S/C34H41N2.HI/c1-7-9-24-36-29-22-21-25-15-10-11-16-26(25)32(29)34(5,6)31(36)20-14-19-30-33(3,4)27-17-12-13-18-28(27)35(30)23-8-2;/h10-22H,7-9,23-24H2,1-6H3;1H/q+1;/p-1. The van der Waals surface area contributed by atoms with Crippen molar-refractivity contribution in [3.8, 4) is 0 Å². The van der Waals surface area contributed by atoms with Gasteiger partial charge in [-0.25, -0.2) is 0 Å². The SMILES string of the molecule is CCCC[N+]1=C(C=CC=C2N(CCC)c3ccccc3C2(C)C)C(C)(C)c2c1ccc1ccccc21.[I-]. The van der Waals surface area contributed by atoms with E-state index in [1.54, 1.807) is 0 Å². The molecule has 0 saturated heterocycles. The maximum atomic E-state index is 2.58. The van der Waals surface area contributed by atoms with Crippen molar-refractivity contribution in [2.75, 3.05) is 18.0 Å². The molecule has 37 heavy (non-hydrogen) atoms. The summed E-state index contributed by atoms with van der Waals surface area (Å²) in [5.74, 6) is 0. The van der Waals surface area contributed by atoms with Crippen LogP contribution in [0, 0.1) is 0 Å². The molecule has 0 radical (unpaired) electrons. The van der Waals surface area contributed by atoms with Crippen LogP contribution in [-0.2, 0) is 10.8 Å². The van der Waals surface area contributed by atoms with Crippen LogP contribution < -0.4 is 28.9 Å². The predicted octanol–water partition coefficient (Wildman–Crippen LogP) is 5.67. The minimum Gasteiger partial charge on any atom is -1.00 e. The summed E-state index contributed by atoms with van der Waals surface area (Å²) >= 11 is 0. The zero-order valence-electron chi connectivity index (χ0n) is 23.3. The molecule has 0 aliphatic carbocycles. The highest BCUT2D eigenvalue weighted by Gasteiger charge is 2.45. The summed E-state index contributed by atoms with van der Waals surface area (Å²) in [4.78, 5) is 2.53. The third kappa shape index (κ3) is 4.58. The van der Waals surface area contributed by atoms with E-state index in [1.807, 2.05) is 0 Å². The van der Waals surface area contributed by atoms with Crippen LogP contribution in [0.15, 0.2) is 84.6 Å². The molecule has 3 heteroatoms. The average Bonchev–Trinajstić information content (AvgIpc) is 3.22. The van der Waals surface area contributed by atoms with Crippen LogP contribution >= 0.6 is 0 Å². The van der Waals surface area contributed by atoms with E-state index in [1.165, 1.54) is 57.5 Å². The Bertz CT molecular complexity index is 1390. The minimum absolute atomic E-state index is 0. The van der Waals surface area contributed by atoms with Gasteiger partial charge in [-0.05, 0) is 54.8 Å². The molecule has 5 rings (SSSR count). The van der Waals surface area contributed by atoms with Crippen LogP contribution in [-0.4, -0.2) is 23.4 Å². The lowest BCUT2D eigenvalue weighted by atomic mass is 9.79. The normalized spacial score (nSPS) is 18.5. The summed E-state index contributed by atoms with van der Waals surface area (Å²) in [6.45, 7) is 16.2. The Morgan fingerprint density at radius 3 is 2.32 bits per heavy atom. The first-order chi connectivity index (χ1) is 17.3. The first kappa shape index (κ1) is 27.6. The molecule has 0 spiro atoms. The molecule has 194 valence electrons. The molecule has 0 aromatic heterocycles. The van der Waals surface area contributed by atoms with Crippen molar-refractivity contribution < 1.29 is 28.6 Å². The summed E-state index contributed by atoms with van der Waals surface area (Å²) in [6, 6.07) is 22.4. The molecule has 2 aliphatic heterocycles. The van der Waals surface area contributed by atoms with Gasteiger partial charge in [0.2, 0.25) is 5.69 Å².